The molecule has 1 aromatic heterocycles. The van der Waals surface area contributed by atoms with Crippen LogP contribution >= 0.6 is 0 Å². The number of hydrogen-bond donors (Lipinski definition) is 1. The van der Waals surface area contributed by atoms with Crippen molar-refractivity contribution >= 4 is 32.7 Å². The maximum Gasteiger partial charge on any atom is 0.419 e. The number of benzene rings is 2. The van der Waals surface area contributed by atoms with Crippen molar-refractivity contribution in [3.8, 4) is 0 Å². The van der Waals surface area contributed by atoms with E-state index in [-0.39, 0.29) is 25.7 Å². The Hall–Kier alpha value is -3.32. The van der Waals surface area contributed by atoms with Gasteiger partial charge < -0.3 is 14.6 Å². The molecule has 0 amide bonds. The molecular weight excluding hydrogens is 538 g/mol. The van der Waals surface area contributed by atoms with Crippen molar-refractivity contribution in [2.24, 2.45) is 0 Å². The third kappa shape index (κ3) is 5.00. The van der Waals surface area contributed by atoms with E-state index >= 15 is 0 Å². The zero-order chi connectivity index (χ0) is 28.9. The number of fused-ring (bicyclic) bond motifs is 2. The molecule has 5 rings (SSSR count). The first kappa shape index (κ1) is 28.2. The van der Waals surface area contributed by atoms with Crippen molar-refractivity contribution in [3.63, 3.8) is 0 Å². The summed E-state index contributed by atoms with van der Waals surface area (Å²) >= 11 is 0. The van der Waals surface area contributed by atoms with Crippen LogP contribution in [0.1, 0.15) is 45.6 Å². The average molecular weight is 572 g/mol. The summed E-state index contributed by atoms with van der Waals surface area (Å²) in [6.45, 7) is 4.93. The summed E-state index contributed by atoms with van der Waals surface area (Å²) in [5.41, 5.74) is -0.935. The lowest BCUT2D eigenvalue weighted by Crippen LogP contribution is -2.53. The quantitative estimate of drug-likeness (QED) is 0.240. The Kier molecular flexibility index (Phi) is 7.24. The van der Waals surface area contributed by atoms with Gasteiger partial charge in [0.25, 0.3) is 5.69 Å². The van der Waals surface area contributed by atoms with Gasteiger partial charge in [-0.3, -0.25) is 14.7 Å². The predicted molar refractivity (Wildman–Crippen MR) is 147 cm³/mol. The van der Waals surface area contributed by atoms with Crippen molar-refractivity contribution in [1.82, 2.24) is 8.87 Å². The molecule has 2 aromatic carbocycles. The molecular formula is C28H33N3O8S. The van der Waals surface area contributed by atoms with E-state index in [9.17, 15) is 28.4 Å². The Morgan fingerprint density at radius 2 is 1.90 bits per heavy atom. The fourth-order valence-corrected chi connectivity index (χ4v) is 7.60. The number of nitro groups is 1. The maximum atomic E-state index is 14.1. The first-order valence-corrected chi connectivity index (χ1v) is 14.7. The minimum atomic E-state index is -4.39. The van der Waals surface area contributed by atoms with Crippen LogP contribution in [0.5, 0.6) is 0 Å². The van der Waals surface area contributed by atoms with Gasteiger partial charge in [0, 0.05) is 24.2 Å². The van der Waals surface area contributed by atoms with E-state index in [1.165, 1.54) is 33.1 Å². The second kappa shape index (κ2) is 10.3. The van der Waals surface area contributed by atoms with E-state index in [4.69, 9.17) is 9.47 Å². The summed E-state index contributed by atoms with van der Waals surface area (Å²) in [5.74, 6) is 0. The fraction of sp³-hybridized carbons (Fsp3) is 0.464. The smallest absolute Gasteiger partial charge is 0.419 e. The summed E-state index contributed by atoms with van der Waals surface area (Å²) in [7, 11) is -4.39. The molecule has 0 radical (unpaired) electrons. The third-order valence-electron chi connectivity index (χ3n) is 7.59. The highest BCUT2D eigenvalue weighted by Gasteiger charge is 2.65. The molecule has 0 spiro atoms. The number of nitrogens with zero attached hydrogens (tertiary/aromatic N) is 3. The number of epoxide rings is 1. The number of para-hydroxylation sites is 2. The minimum absolute atomic E-state index is 0.0425. The van der Waals surface area contributed by atoms with Gasteiger partial charge in [-0.05, 0) is 64.2 Å². The lowest BCUT2D eigenvalue weighted by atomic mass is 9.84. The SMILES string of the molecule is CC(C)(C)OC(=O)n1cc(CCN([C@H]2CCC[C@@H]3O[C@@]32CO)S(=O)(=O)c2ccccc2[N+](=O)[O-])c2ccccc21. The monoisotopic (exact) mass is 571 g/mol. The van der Waals surface area contributed by atoms with Crippen LogP contribution in [-0.2, 0) is 25.9 Å². The molecule has 1 aliphatic heterocycles. The van der Waals surface area contributed by atoms with Gasteiger partial charge in [0.2, 0.25) is 10.0 Å². The number of aromatic nitrogens is 1. The molecule has 0 unspecified atom stereocenters. The number of hydrogen-bond acceptors (Lipinski definition) is 8. The van der Waals surface area contributed by atoms with E-state index in [1.54, 1.807) is 39.1 Å². The second-order valence-corrected chi connectivity index (χ2v) is 13.1. The number of nitro benzene ring substituents is 1. The first-order valence-electron chi connectivity index (χ1n) is 13.3. The Morgan fingerprint density at radius 3 is 2.60 bits per heavy atom. The van der Waals surface area contributed by atoms with Gasteiger partial charge in [-0.1, -0.05) is 30.3 Å². The summed E-state index contributed by atoms with van der Waals surface area (Å²) < 4.78 is 42.4. The average Bonchev–Trinajstić information content (AvgIpc) is 3.54. The number of ether oxygens (including phenoxy) is 2. The minimum Gasteiger partial charge on any atom is -0.443 e. The van der Waals surface area contributed by atoms with Crippen molar-refractivity contribution in [1.29, 1.82) is 0 Å². The summed E-state index contributed by atoms with van der Waals surface area (Å²) in [4.78, 5) is 23.6. The number of rotatable bonds is 8. The Labute approximate surface area is 232 Å². The Morgan fingerprint density at radius 1 is 1.20 bits per heavy atom. The fourth-order valence-electron chi connectivity index (χ4n) is 5.74. The van der Waals surface area contributed by atoms with Gasteiger partial charge in [-0.2, -0.15) is 4.31 Å². The van der Waals surface area contributed by atoms with Gasteiger partial charge in [-0.25, -0.2) is 13.2 Å². The topological polar surface area (TPSA) is 145 Å². The first-order chi connectivity index (χ1) is 18.9. The highest BCUT2D eigenvalue weighted by Crippen LogP contribution is 2.50. The molecule has 40 heavy (non-hydrogen) atoms. The molecule has 214 valence electrons. The molecule has 2 heterocycles. The highest BCUT2D eigenvalue weighted by molar-refractivity contribution is 7.89. The van der Waals surface area contributed by atoms with Crippen molar-refractivity contribution < 1.29 is 32.7 Å². The van der Waals surface area contributed by atoms with E-state index in [0.29, 0.717) is 30.3 Å². The Bertz CT molecular complexity index is 1560. The number of carbonyl (C=O) groups is 1. The largest absolute Gasteiger partial charge is 0.443 e. The van der Waals surface area contributed by atoms with Gasteiger partial charge in [0.15, 0.2) is 4.90 Å². The number of aliphatic hydroxyl groups excluding tert-OH is 1. The van der Waals surface area contributed by atoms with E-state index in [0.717, 1.165) is 5.39 Å². The molecule has 1 saturated heterocycles. The highest BCUT2D eigenvalue weighted by atomic mass is 32.2. The van der Waals surface area contributed by atoms with Crippen LogP contribution in [-0.4, -0.2) is 69.9 Å². The predicted octanol–water partition coefficient (Wildman–Crippen LogP) is 4.25. The van der Waals surface area contributed by atoms with Crippen LogP contribution in [0.15, 0.2) is 59.6 Å². The summed E-state index contributed by atoms with van der Waals surface area (Å²) in [5, 5.41) is 22.8. The number of carbonyl (C=O) groups excluding carboxylic acids is 1. The lowest BCUT2D eigenvalue weighted by Gasteiger charge is -2.36. The van der Waals surface area contributed by atoms with Crippen molar-refractivity contribution in [3.05, 3.63) is 70.4 Å². The molecule has 1 saturated carbocycles. The third-order valence-corrected chi connectivity index (χ3v) is 9.54. The maximum absolute atomic E-state index is 14.1. The van der Waals surface area contributed by atoms with Crippen LogP contribution in [0.4, 0.5) is 10.5 Å². The molecule has 12 heteroatoms. The van der Waals surface area contributed by atoms with Crippen LogP contribution in [0.25, 0.3) is 10.9 Å². The molecule has 3 aromatic rings. The molecule has 2 aliphatic rings. The number of sulfonamides is 1. The zero-order valence-electron chi connectivity index (χ0n) is 22.6. The normalized spacial score (nSPS) is 22.7. The van der Waals surface area contributed by atoms with Gasteiger partial charge in [-0.15, -0.1) is 0 Å². The molecule has 11 nitrogen and oxygen atoms in total. The van der Waals surface area contributed by atoms with Crippen LogP contribution < -0.4 is 0 Å². The lowest BCUT2D eigenvalue weighted by molar-refractivity contribution is -0.387. The Balaban J connectivity index is 1.55. The van der Waals surface area contributed by atoms with E-state index in [1.807, 2.05) is 12.1 Å². The van der Waals surface area contributed by atoms with Crippen LogP contribution in [0, 0.1) is 10.1 Å². The molecule has 1 N–H and O–H groups in total. The molecule has 0 bridgehead atoms. The van der Waals surface area contributed by atoms with Crippen LogP contribution in [0.2, 0.25) is 0 Å². The summed E-state index contributed by atoms with van der Waals surface area (Å²) in [6.07, 6.45) is 2.87. The molecule has 3 atom stereocenters. The van der Waals surface area contributed by atoms with Gasteiger partial charge in [0.1, 0.15) is 11.2 Å². The van der Waals surface area contributed by atoms with Gasteiger partial charge >= 0.3 is 6.09 Å². The zero-order valence-corrected chi connectivity index (χ0v) is 23.5. The van der Waals surface area contributed by atoms with Crippen molar-refractivity contribution in [2.75, 3.05) is 13.2 Å². The standard InChI is InChI=1S/C28H33N3O8S/c1-27(2,3)39-26(33)29-17-19(20-9-4-5-10-21(20)29)15-16-30(24-13-8-14-25-28(24,18-32)38-25)40(36,37)23-12-7-6-11-22(23)31(34)35/h4-7,9-12,17,24-25,32H,8,13-16,18H2,1-3H3/t24-,25-,28+/m0/s1. The van der Waals surface area contributed by atoms with Crippen LogP contribution in [0.3, 0.4) is 0 Å². The molecule has 1 aliphatic carbocycles. The van der Waals surface area contributed by atoms with E-state index < -0.39 is 48.9 Å². The molecule has 2 fully saturated rings. The van der Waals surface area contributed by atoms with Gasteiger partial charge in [0.05, 0.1) is 29.2 Å². The second-order valence-electron chi connectivity index (χ2n) is 11.3. The van der Waals surface area contributed by atoms with Crippen molar-refractivity contribution in [2.45, 2.75) is 74.7 Å². The number of aliphatic hydroxyl groups is 1. The van der Waals surface area contributed by atoms with E-state index in [2.05, 4.69) is 0 Å². The summed E-state index contributed by atoms with van der Waals surface area (Å²) in [6, 6.07) is 11.8.